The third-order valence-corrected chi connectivity index (χ3v) is 6.85. The van der Waals surface area contributed by atoms with Gasteiger partial charge < -0.3 is 25.0 Å². The minimum atomic E-state index is -0.134. The highest BCUT2D eigenvalue weighted by Gasteiger charge is 2.50. The van der Waals surface area contributed by atoms with Crippen molar-refractivity contribution >= 4 is 11.7 Å². The molecule has 6 heteroatoms. The van der Waals surface area contributed by atoms with Gasteiger partial charge in [0.25, 0.3) is 0 Å². The molecule has 3 atom stereocenters. The summed E-state index contributed by atoms with van der Waals surface area (Å²) in [6.45, 7) is 1.06. The summed E-state index contributed by atoms with van der Waals surface area (Å²) in [7, 11) is 5.54. The Labute approximate surface area is 178 Å². The number of benzene rings is 2. The molecule has 0 aromatic heterocycles. The number of urea groups is 1. The van der Waals surface area contributed by atoms with Crippen LogP contribution in [0.4, 0.5) is 10.5 Å². The fraction of sp³-hybridized carbons (Fsp3) is 0.458. The van der Waals surface area contributed by atoms with Gasteiger partial charge in [-0.25, -0.2) is 4.79 Å². The first-order valence-corrected chi connectivity index (χ1v) is 10.6. The van der Waals surface area contributed by atoms with Crippen molar-refractivity contribution in [3.05, 3.63) is 54.1 Å². The van der Waals surface area contributed by atoms with Gasteiger partial charge in [-0.3, -0.25) is 0 Å². The van der Waals surface area contributed by atoms with Crippen LogP contribution in [0.15, 0.2) is 48.5 Å². The molecule has 6 nitrogen and oxygen atoms in total. The molecular weight excluding hydrogens is 378 g/mol. The van der Waals surface area contributed by atoms with Crippen molar-refractivity contribution in [3.63, 3.8) is 0 Å². The molecule has 2 fully saturated rings. The van der Waals surface area contributed by atoms with Crippen LogP contribution in [0.25, 0.3) is 0 Å². The Bertz CT molecular complexity index is 889. The number of hydrogen-bond donors (Lipinski definition) is 2. The summed E-state index contributed by atoms with van der Waals surface area (Å²) in [5.74, 6) is 1.54. The predicted molar refractivity (Wildman–Crippen MR) is 118 cm³/mol. The topological polar surface area (TPSA) is 62.8 Å². The molecule has 0 radical (unpaired) electrons. The number of amides is 2. The number of nitrogens with zero attached hydrogens (tertiary/aromatic N) is 1. The molecule has 2 aromatic carbocycles. The van der Waals surface area contributed by atoms with Crippen molar-refractivity contribution in [1.29, 1.82) is 0 Å². The molecule has 4 rings (SSSR count). The summed E-state index contributed by atoms with van der Waals surface area (Å²) in [6.07, 6.45) is 4.05. The van der Waals surface area contributed by atoms with Crippen LogP contribution in [0.2, 0.25) is 0 Å². The quantitative estimate of drug-likeness (QED) is 0.783. The summed E-state index contributed by atoms with van der Waals surface area (Å²) in [6, 6.07) is 16.3. The lowest BCUT2D eigenvalue weighted by atomic mass is 9.65. The van der Waals surface area contributed by atoms with E-state index in [2.05, 4.69) is 34.7 Å². The standard InChI is InChI=1S/C24H31N3O3/c1-27-14-13-24(17-9-10-20(29-2)21(15-17)30-3)12-11-19(16-22(24)27)26-23(28)25-18-7-5-4-6-8-18/h4-10,15,19,22H,11-14,16H2,1-3H3,(H2,25,26,28)/t19-,22+,24+/m1/s1. The van der Waals surface area contributed by atoms with E-state index in [1.54, 1.807) is 14.2 Å². The summed E-state index contributed by atoms with van der Waals surface area (Å²) < 4.78 is 11.0. The molecule has 0 spiro atoms. The summed E-state index contributed by atoms with van der Waals surface area (Å²) >= 11 is 0. The Kier molecular flexibility index (Phi) is 5.86. The van der Waals surface area contributed by atoms with Crippen LogP contribution < -0.4 is 20.1 Å². The highest BCUT2D eigenvalue weighted by atomic mass is 16.5. The molecule has 1 aliphatic heterocycles. The maximum absolute atomic E-state index is 12.5. The fourth-order valence-corrected chi connectivity index (χ4v) is 5.27. The largest absolute Gasteiger partial charge is 0.493 e. The van der Waals surface area contributed by atoms with Gasteiger partial charge in [-0.15, -0.1) is 0 Å². The molecular formula is C24H31N3O3. The van der Waals surface area contributed by atoms with E-state index < -0.39 is 0 Å². The number of rotatable bonds is 5. The SMILES string of the molecule is COc1ccc([C@@]23CC[C@@H](NC(=O)Nc4ccccc4)C[C@@H]2N(C)CC3)cc1OC. The van der Waals surface area contributed by atoms with Gasteiger partial charge in [-0.05, 0) is 69.1 Å². The number of nitrogens with one attached hydrogen (secondary N) is 2. The van der Waals surface area contributed by atoms with E-state index in [1.807, 2.05) is 36.4 Å². The number of para-hydroxylation sites is 1. The number of hydrogen-bond acceptors (Lipinski definition) is 4. The fourth-order valence-electron chi connectivity index (χ4n) is 5.27. The Morgan fingerprint density at radius 2 is 1.83 bits per heavy atom. The molecule has 2 aromatic rings. The van der Waals surface area contributed by atoms with Crippen LogP contribution in [-0.4, -0.2) is 50.8 Å². The number of carbonyl (C=O) groups is 1. The van der Waals surface area contributed by atoms with E-state index in [1.165, 1.54) is 5.56 Å². The molecule has 1 aliphatic carbocycles. The molecule has 2 aliphatic rings. The molecule has 1 saturated carbocycles. The molecule has 2 amide bonds. The third-order valence-electron chi connectivity index (χ3n) is 6.85. The van der Waals surface area contributed by atoms with Crippen molar-refractivity contribution in [2.45, 2.75) is 43.2 Å². The normalized spacial score (nSPS) is 26.0. The Balaban J connectivity index is 1.49. The maximum Gasteiger partial charge on any atom is 0.319 e. The van der Waals surface area contributed by atoms with E-state index in [0.717, 1.165) is 49.4 Å². The second kappa shape index (κ2) is 8.56. The Morgan fingerprint density at radius 3 is 2.57 bits per heavy atom. The summed E-state index contributed by atoms with van der Waals surface area (Å²) in [5, 5.41) is 6.12. The highest BCUT2D eigenvalue weighted by Crippen LogP contribution is 2.49. The first kappa shape index (κ1) is 20.5. The van der Waals surface area contributed by atoms with Crippen molar-refractivity contribution in [2.75, 3.05) is 33.1 Å². The zero-order chi connectivity index (χ0) is 21.1. The number of methoxy groups -OCH3 is 2. The Morgan fingerprint density at radius 1 is 1.07 bits per heavy atom. The average Bonchev–Trinajstić information content (AvgIpc) is 3.11. The van der Waals surface area contributed by atoms with Crippen LogP contribution in [-0.2, 0) is 5.41 Å². The van der Waals surface area contributed by atoms with Crippen molar-refractivity contribution < 1.29 is 14.3 Å². The minimum absolute atomic E-state index is 0.0857. The molecule has 30 heavy (non-hydrogen) atoms. The number of fused-ring (bicyclic) bond motifs is 1. The van der Waals surface area contributed by atoms with Crippen LogP contribution in [0.3, 0.4) is 0 Å². The van der Waals surface area contributed by atoms with Crippen LogP contribution in [0, 0.1) is 0 Å². The van der Waals surface area contributed by atoms with Gasteiger partial charge in [0.2, 0.25) is 0 Å². The van der Waals surface area contributed by atoms with Gasteiger partial charge in [0.15, 0.2) is 11.5 Å². The molecule has 1 heterocycles. The predicted octanol–water partition coefficient (Wildman–Crippen LogP) is 4.02. The second-order valence-electron chi connectivity index (χ2n) is 8.41. The smallest absolute Gasteiger partial charge is 0.319 e. The van der Waals surface area contributed by atoms with E-state index in [9.17, 15) is 4.79 Å². The van der Waals surface area contributed by atoms with Crippen LogP contribution in [0.1, 0.15) is 31.2 Å². The van der Waals surface area contributed by atoms with E-state index in [0.29, 0.717) is 6.04 Å². The third kappa shape index (κ3) is 3.84. The molecule has 1 saturated heterocycles. The zero-order valence-electron chi connectivity index (χ0n) is 18.0. The van der Waals surface area contributed by atoms with E-state index in [4.69, 9.17) is 9.47 Å². The number of ether oxygens (including phenoxy) is 2. The summed E-state index contributed by atoms with van der Waals surface area (Å²) in [4.78, 5) is 14.9. The van der Waals surface area contributed by atoms with Crippen LogP contribution in [0.5, 0.6) is 11.5 Å². The number of anilines is 1. The van der Waals surface area contributed by atoms with E-state index >= 15 is 0 Å². The molecule has 2 N–H and O–H groups in total. The molecule has 0 unspecified atom stereocenters. The second-order valence-corrected chi connectivity index (χ2v) is 8.41. The number of likely N-dealkylation sites (tertiary alicyclic amines) is 1. The van der Waals surface area contributed by atoms with Gasteiger partial charge in [-0.1, -0.05) is 24.3 Å². The average molecular weight is 410 g/mol. The van der Waals surface area contributed by atoms with Crippen molar-refractivity contribution in [3.8, 4) is 11.5 Å². The van der Waals surface area contributed by atoms with Gasteiger partial charge in [0, 0.05) is 23.2 Å². The van der Waals surface area contributed by atoms with Gasteiger partial charge >= 0.3 is 6.03 Å². The van der Waals surface area contributed by atoms with Gasteiger partial charge in [-0.2, -0.15) is 0 Å². The molecule has 0 bridgehead atoms. The van der Waals surface area contributed by atoms with Crippen LogP contribution >= 0.6 is 0 Å². The lowest BCUT2D eigenvalue weighted by molar-refractivity contribution is 0.156. The maximum atomic E-state index is 12.5. The zero-order valence-corrected chi connectivity index (χ0v) is 18.0. The first-order valence-electron chi connectivity index (χ1n) is 10.6. The van der Waals surface area contributed by atoms with Crippen molar-refractivity contribution in [1.82, 2.24) is 10.2 Å². The number of carbonyl (C=O) groups excluding carboxylic acids is 1. The highest BCUT2D eigenvalue weighted by molar-refractivity contribution is 5.89. The minimum Gasteiger partial charge on any atom is -0.493 e. The summed E-state index contributed by atoms with van der Waals surface area (Å²) in [5.41, 5.74) is 2.20. The lowest BCUT2D eigenvalue weighted by Crippen LogP contribution is -2.52. The number of likely N-dealkylation sites (N-methyl/N-ethyl adjacent to an activating group) is 1. The van der Waals surface area contributed by atoms with Crippen molar-refractivity contribution in [2.24, 2.45) is 0 Å². The Hall–Kier alpha value is -2.73. The monoisotopic (exact) mass is 409 g/mol. The first-order chi connectivity index (χ1) is 14.6. The molecule has 160 valence electrons. The lowest BCUT2D eigenvalue weighted by Gasteiger charge is -2.45. The van der Waals surface area contributed by atoms with Gasteiger partial charge in [0.1, 0.15) is 0 Å². The van der Waals surface area contributed by atoms with Gasteiger partial charge in [0.05, 0.1) is 14.2 Å². The van der Waals surface area contributed by atoms with E-state index in [-0.39, 0.29) is 17.5 Å².